The first-order valence-electron chi connectivity index (χ1n) is 10.8. The highest BCUT2D eigenvalue weighted by atomic mass is 32.2. The number of aliphatic carboxylic acids is 1. The second-order valence-electron chi connectivity index (χ2n) is 8.60. The Bertz CT molecular complexity index is 1010. The van der Waals surface area contributed by atoms with Crippen LogP contribution in [0.4, 0.5) is 5.00 Å². The number of likely N-dealkylation sites (tertiary alicyclic amines) is 1. The summed E-state index contributed by atoms with van der Waals surface area (Å²) in [6, 6.07) is 8.10. The molecule has 2 aromatic rings. The van der Waals surface area contributed by atoms with E-state index < -0.39 is 16.0 Å². The normalized spacial score (nSPS) is 18.7. The number of piperidine rings is 1. The molecule has 8 heteroatoms. The SMILES string of the molecule is Cc1c(N(CCC2CC2)S(=O)(=O)CCN2CCC(C(=O)O)CC2)sc2ccccc12. The molecule has 0 atom stereocenters. The molecule has 1 aliphatic heterocycles. The van der Waals surface area contributed by atoms with E-state index >= 15 is 0 Å². The summed E-state index contributed by atoms with van der Waals surface area (Å²) in [6.07, 6.45) is 4.51. The maximum atomic E-state index is 13.4. The van der Waals surface area contributed by atoms with Crippen molar-refractivity contribution in [3.63, 3.8) is 0 Å². The number of aryl methyl sites for hydroxylation is 1. The molecule has 2 aliphatic rings. The molecule has 164 valence electrons. The van der Waals surface area contributed by atoms with Crippen molar-refractivity contribution in [3.8, 4) is 0 Å². The number of hydrogen-bond acceptors (Lipinski definition) is 5. The van der Waals surface area contributed by atoms with Crippen LogP contribution in [0.15, 0.2) is 24.3 Å². The van der Waals surface area contributed by atoms with Crippen LogP contribution in [0.2, 0.25) is 0 Å². The van der Waals surface area contributed by atoms with Gasteiger partial charge in [0.15, 0.2) is 0 Å². The summed E-state index contributed by atoms with van der Waals surface area (Å²) < 4.78 is 29.6. The molecule has 2 heterocycles. The minimum Gasteiger partial charge on any atom is -0.481 e. The van der Waals surface area contributed by atoms with Crippen LogP contribution in [-0.2, 0) is 14.8 Å². The molecule has 0 radical (unpaired) electrons. The molecule has 4 rings (SSSR count). The standard InChI is InChI=1S/C22H30N2O4S2/c1-16-19-4-2-3-5-20(19)29-21(16)24(13-8-17-6-7-17)30(27,28)15-14-23-11-9-18(10-12-23)22(25)26/h2-5,17-18H,6-15H2,1H3,(H,25,26). The van der Waals surface area contributed by atoms with Gasteiger partial charge >= 0.3 is 5.97 Å². The van der Waals surface area contributed by atoms with Crippen molar-refractivity contribution in [3.05, 3.63) is 29.8 Å². The van der Waals surface area contributed by atoms with E-state index in [0.29, 0.717) is 44.9 Å². The molecule has 1 aromatic heterocycles. The van der Waals surface area contributed by atoms with Gasteiger partial charge in [0.1, 0.15) is 5.00 Å². The summed E-state index contributed by atoms with van der Waals surface area (Å²) in [5.74, 6) is -0.307. The fourth-order valence-electron chi connectivity index (χ4n) is 4.23. The van der Waals surface area contributed by atoms with Crippen LogP contribution in [0, 0.1) is 18.8 Å². The van der Waals surface area contributed by atoms with Gasteiger partial charge in [-0.25, -0.2) is 8.42 Å². The van der Waals surface area contributed by atoms with Crippen LogP contribution in [0.1, 0.15) is 37.7 Å². The average molecular weight is 451 g/mol. The number of nitrogens with zero attached hydrogens (tertiary/aromatic N) is 2. The zero-order valence-electron chi connectivity index (χ0n) is 17.4. The number of benzene rings is 1. The van der Waals surface area contributed by atoms with Gasteiger partial charge in [-0.2, -0.15) is 0 Å². The maximum absolute atomic E-state index is 13.4. The first-order chi connectivity index (χ1) is 14.3. The predicted octanol–water partition coefficient (Wildman–Crippen LogP) is 3.94. The molecule has 0 spiro atoms. The number of rotatable bonds is 9. The third kappa shape index (κ3) is 4.81. The lowest BCUT2D eigenvalue weighted by molar-refractivity contribution is -0.143. The molecule has 1 aliphatic carbocycles. The smallest absolute Gasteiger partial charge is 0.306 e. The van der Waals surface area contributed by atoms with E-state index in [9.17, 15) is 13.2 Å². The Morgan fingerprint density at radius 2 is 1.90 bits per heavy atom. The largest absolute Gasteiger partial charge is 0.481 e. The second kappa shape index (κ2) is 8.85. The number of carbonyl (C=O) groups is 1. The lowest BCUT2D eigenvalue weighted by atomic mass is 9.97. The molecule has 0 unspecified atom stereocenters. The number of carboxylic acids is 1. The number of sulfonamides is 1. The monoisotopic (exact) mass is 450 g/mol. The van der Waals surface area contributed by atoms with Crippen molar-refractivity contribution < 1.29 is 18.3 Å². The Labute approximate surface area is 182 Å². The highest BCUT2D eigenvalue weighted by Gasteiger charge is 2.31. The van der Waals surface area contributed by atoms with Gasteiger partial charge in [0.2, 0.25) is 10.0 Å². The second-order valence-corrected chi connectivity index (χ2v) is 11.6. The van der Waals surface area contributed by atoms with Gasteiger partial charge < -0.3 is 10.0 Å². The zero-order valence-corrected chi connectivity index (χ0v) is 19.1. The van der Waals surface area contributed by atoms with E-state index in [2.05, 4.69) is 17.0 Å². The summed E-state index contributed by atoms with van der Waals surface area (Å²) >= 11 is 1.56. The Kier molecular flexibility index (Phi) is 6.36. The molecule has 0 bridgehead atoms. The van der Waals surface area contributed by atoms with Crippen molar-refractivity contribution in [2.45, 2.75) is 39.0 Å². The van der Waals surface area contributed by atoms with Gasteiger partial charge in [0.05, 0.1) is 11.7 Å². The number of anilines is 1. The molecule has 2 fully saturated rings. The van der Waals surface area contributed by atoms with Crippen molar-refractivity contribution in [1.82, 2.24) is 4.90 Å². The van der Waals surface area contributed by atoms with Crippen LogP contribution in [-0.4, -0.2) is 56.3 Å². The van der Waals surface area contributed by atoms with Crippen molar-refractivity contribution in [2.75, 3.05) is 36.2 Å². The van der Waals surface area contributed by atoms with Crippen molar-refractivity contribution in [1.29, 1.82) is 0 Å². The summed E-state index contributed by atoms with van der Waals surface area (Å²) in [5.41, 5.74) is 1.04. The van der Waals surface area contributed by atoms with Crippen molar-refractivity contribution >= 4 is 42.4 Å². The molecule has 0 amide bonds. The molecular weight excluding hydrogens is 420 g/mol. The minimum absolute atomic E-state index is 0.0725. The Balaban J connectivity index is 1.49. The van der Waals surface area contributed by atoms with E-state index in [-0.39, 0.29) is 11.7 Å². The molecular formula is C22H30N2O4S2. The number of hydrogen-bond donors (Lipinski definition) is 1. The molecule has 1 aromatic carbocycles. The Hall–Kier alpha value is -1.64. The zero-order chi connectivity index (χ0) is 21.3. The predicted molar refractivity (Wildman–Crippen MR) is 122 cm³/mol. The van der Waals surface area contributed by atoms with Crippen LogP contribution < -0.4 is 4.31 Å². The Morgan fingerprint density at radius 3 is 2.53 bits per heavy atom. The first-order valence-corrected chi connectivity index (χ1v) is 13.2. The molecule has 30 heavy (non-hydrogen) atoms. The lowest BCUT2D eigenvalue weighted by Crippen LogP contribution is -2.42. The summed E-state index contributed by atoms with van der Waals surface area (Å²) in [4.78, 5) is 13.2. The van der Waals surface area contributed by atoms with Gasteiger partial charge in [0, 0.05) is 17.8 Å². The van der Waals surface area contributed by atoms with Gasteiger partial charge in [-0.1, -0.05) is 31.0 Å². The molecule has 6 nitrogen and oxygen atoms in total. The quantitative estimate of drug-likeness (QED) is 0.626. The number of carboxylic acid groups (broad SMARTS) is 1. The molecule has 1 N–H and O–H groups in total. The van der Waals surface area contributed by atoms with E-state index in [4.69, 9.17) is 5.11 Å². The van der Waals surface area contributed by atoms with Crippen molar-refractivity contribution in [2.24, 2.45) is 11.8 Å². The summed E-state index contributed by atoms with van der Waals surface area (Å²) in [7, 11) is -3.46. The van der Waals surface area contributed by atoms with E-state index in [1.165, 1.54) is 12.8 Å². The third-order valence-electron chi connectivity index (χ3n) is 6.42. The summed E-state index contributed by atoms with van der Waals surface area (Å²) in [5, 5.41) is 11.1. The first kappa shape index (κ1) is 21.6. The van der Waals surface area contributed by atoms with E-state index in [1.54, 1.807) is 15.6 Å². The number of thiophene rings is 1. The Morgan fingerprint density at radius 1 is 1.20 bits per heavy atom. The molecule has 1 saturated carbocycles. The maximum Gasteiger partial charge on any atom is 0.306 e. The molecule has 1 saturated heterocycles. The van der Waals surface area contributed by atoms with E-state index in [0.717, 1.165) is 27.1 Å². The lowest BCUT2D eigenvalue weighted by Gasteiger charge is -2.31. The fourth-order valence-corrected chi connectivity index (χ4v) is 7.31. The van der Waals surface area contributed by atoms with Crippen LogP contribution >= 0.6 is 11.3 Å². The number of fused-ring (bicyclic) bond motifs is 1. The van der Waals surface area contributed by atoms with Gasteiger partial charge in [-0.3, -0.25) is 9.10 Å². The average Bonchev–Trinajstić information content (AvgIpc) is 3.50. The highest BCUT2D eigenvalue weighted by molar-refractivity contribution is 7.93. The highest BCUT2D eigenvalue weighted by Crippen LogP contribution is 2.40. The third-order valence-corrected chi connectivity index (χ3v) is 9.57. The minimum atomic E-state index is -3.46. The van der Waals surface area contributed by atoms with Crippen LogP contribution in [0.3, 0.4) is 0 Å². The van der Waals surface area contributed by atoms with E-state index in [1.807, 2.05) is 19.1 Å². The fraction of sp³-hybridized carbons (Fsp3) is 0.591. The van der Waals surface area contributed by atoms with Gasteiger partial charge in [0.25, 0.3) is 0 Å². The van der Waals surface area contributed by atoms with Gasteiger partial charge in [-0.15, -0.1) is 11.3 Å². The van der Waals surface area contributed by atoms with Crippen LogP contribution in [0.5, 0.6) is 0 Å². The summed E-state index contributed by atoms with van der Waals surface area (Å²) in [6.45, 7) is 4.32. The van der Waals surface area contributed by atoms with Crippen LogP contribution in [0.25, 0.3) is 10.1 Å². The topological polar surface area (TPSA) is 77.9 Å². The van der Waals surface area contributed by atoms with Gasteiger partial charge in [-0.05, 0) is 62.2 Å².